The average Bonchev–Trinajstić information content (AvgIpc) is 3.14. The van der Waals surface area contributed by atoms with Crippen molar-refractivity contribution in [3.63, 3.8) is 0 Å². The molecule has 2 atom stereocenters. The van der Waals surface area contributed by atoms with Gasteiger partial charge in [0.1, 0.15) is 11.5 Å². The molecular weight excluding hydrogens is 328 g/mol. The monoisotopic (exact) mass is 352 g/mol. The van der Waals surface area contributed by atoms with Crippen molar-refractivity contribution in [3.05, 3.63) is 42.2 Å². The molecule has 0 radical (unpaired) electrons. The number of hydrogen-bond acceptors (Lipinski definition) is 3. The molecule has 2 amide bonds. The Bertz CT molecular complexity index is 886. The number of aromatic nitrogens is 2. The van der Waals surface area contributed by atoms with Crippen LogP contribution < -0.4 is 5.73 Å². The van der Waals surface area contributed by atoms with Gasteiger partial charge in [-0.1, -0.05) is 44.2 Å². The fourth-order valence-corrected chi connectivity index (χ4v) is 5.01. The molecule has 1 saturated carbocycles. The van der Waals surface area contributed by atoms with Crippen LogP contribution in [0.25, 0.3) is 11.4 Å². The van der Waals surface area contributed by atoms with Crippen LogP contribution in [0.15, 0.2) is 36.5 Å². The van der Waals surface area contributed by atoms with E-state index in [2.05, 4.69) is 18.8 Å². The summed E-state index contributed by atoms with van der Waals surface area (Å²) in [5.74, 6) is 0.499. The highest BCUT2D eigenvalue weighted by molar-refractivity contribution is 5.95. The Hall–Kier alpha value is -2.63. The zero-order valence-electron chi connectivity index (χ0n) is 15.4. The quantitative estimate of drug-likeness (QED) is 0.918. The molecule has 1 aromatic carbocycles. The van der Waals surface area contributed by atoms with Crippen molar-refractivity contribution < 1.29 is 9.59 Å². The van der Waals surface area contributed by atoms with E-state index in [0.717, 1.165) is 17.8 Å². The van der Waals surface area contributed by atoms with Gasteiger partial charge in [0.2, 0.25) is 5.91 Å². The molecule has 1 aliphatic carbocycles. The van der Waals surface area contributed by atoms with Crippen molar-refractivity contribution in [3.8, 4) is 11.4 Å². The molecule has 2 aliphatic rings. The molecule has 26 heavy (non-hydrogen) atoms. The van der Waals surface area contributed by atoms with Crippen LogP contribution in [0, 0.1) is 16.7 Å². The number of carbonyl (C=O) groups excluding carboxylic acids is 2. The van der Waals surface area contributed by atoms with Crippen molar-refractivity contribution in [2.45, 2.75) is 20.3 Å². The average molecular weight is 352 g/mol. The number of fused-ring (bicyclic) bond motifs is 1. The summed E-state index contributed by atoms with van der Waals surface area (Å²) in [6.45, 7) is 5.26. The van der Waals surface area contributed by atoms with Crippen molar-refractivity contribution in [2.75, 3.05) is 13.1 Å². The zero-order chi connectivity index (χ0) is 18.7. The van der Waals surface area contributed by atoms with Gasteiger partial charge in [0.15, 0.2) is 0 Å². The molecular formula is C20H24N4O2. The largest absolute Gasteiger partial charge is 0.369 e. The minimum atomic E-state index is -0.569. The number of imidazole rings is 1. The SMILES string of the molecule is Cn1c(C(=O)N2C[C@@H]3C(C)(C)C[C@]3(C(N)=O)C2)cnc1-c1ccccc1. The van der Waals surface area contributed by atoms with E-state index in [9.17, 15) is 9.59 Å². The van der Waals surface area contributed by atoms with Gasteiger partial charge in [-0.15, -0.1) is 0 Å². The number of nitrogens with two attached hydrogens (primary N) is 1. The number of nitrogens with zero attached hydrogens (tertiary/aromatic N) is 3. The molecule has 4 rings (SSSR count). The Morgan fingerprint density at radius 2 is 1.92 bits per heavy atom. The first kappa shape index (κ1) is 16.8. The number of benzene rings is 1. The maximum atomic E-state index is 13.1. The summed E-state index contributed by atoms with van der Waals surface area (Å²) in [4.78, 5) is 31.4. The second kappa shape index (κ2) is 5.43. The summed E-state index contributed by atoms with van der Waals surface area (Å²) in [5.41, 5.74) is 6.67. The van der Waals surface area contributed by atoms with Crippen LogP contribution in [0.1, 0.15) is 30.8 Å². The van der Waals surface area contributed by atoms with Gasteiger partial charge < -0.3 is 15.2 Å². The molecule has 1 aliphatic heterocycles. The predicted molar refractivity (Wildman–Crippen MR) is 98.1 cm³/mol. The Morgan fingerprint density at radius 3 is 2.50 bits per heavy atom. The van der Waals surface area contributed by atoms with E-state index in [0.29, 0.717) is 18.8 Å². The lowest BCUT2D eigenvalue weighted by atomic mass is 9.48. The van der Waals surface area contributed by atoms with E-state index in [1.807, 2.05) is 41.9 Å². The lowest BCUT2D eigenvalue weighted by Gasteiger charge is -2.54. The summed E-state index contributed by atoms with van der Waals surface area (Å²) < 4.78 is 1.82. The van der Waals surface area contributed by atoms with E-state index in [-0.39, 0.29) is 23.1 Å². The first-order valence-electron chi connectivity index (χ1n) is 8.92. The van der Waals surface area contributed by atoms with Gasteiger partial charge in [0, 0.05) is 25.7 Å². The predicted octanol–water partition coefficient (Wildman–Crippen LogP) is 2.06. The summed E-state index contributed by atoms with van der Waals surface area (Å²) in [6, 6.07) is 9.78. The number of carbonyl (C=O) groups is 2. The van der Waals surface area contributed by atoms with Crippen LogP contribution in [-0.4, -0.2) is 39.4 Å². The normalized spacial score (nSPS) is 26.3. The van der Waals surface area contributed by atoms with E-state index < -0.39 is 5.41 Å². The van der Waals surface area contributed by atoms with Crippen LogP contribution >= 0.6 is 0 Å². The molecule has 2 fully saturated rings. The Morgan fingerprint density at radius 1 is 1.23 bits per heavy atom. The smallest absolute Gasteiger partial charge is 0.272 e. The minimum Gasteiger partial charge on any atom is -0.369 e. The van der Waals surface area contributed by atoms with Gasteiger partial charge in [-0.2, -0.15) is 0 Å². The standard InChI is InChI=1S/C20H24N4O2/c1-19(2)11-20(18(21)26)12-24(10-15(19)20)17(25)14-9-22-16(23(14)3)13-7-5-4-6-8-13/h4-9,15H,10-12H2,1-3H3,(H2,21,26)/t15-,20+/m1/s1. The first-order chi connectivity index (χ1) is 12.3. The van der Waals surface area contributed by atoms with Crippen LogP contribution in [0.3, 0.4) is 0 Å². The van der Waals surface area contributed by atoms with E-state index in [1.54, 1.807) is 11.1 Å². The van der Waals surface area contributed by atoms with Crippen LogP contribution in [0.4, 0.5) is 0 Å². The Balaban J connectivity index is 1.62. The van der Waals surface area contributed by atoms with Crippen molar-refractivity contribution in [1.82, 2.24) is 14.5 Å². The number of likely N-dealkylation sites (tertiary alicyclic amines) is 1. The molecule has 1 aromatic heterocycles. The third-order valence-electron chi connectivity index (χ3n) is 6.27. The molecule has 0 bridgehead atoms. The minimum absolute atomic E-state index is 0.0335. The second-order valence-electron chi connectivity index (χ2n) is 8.32. The highest BCUT2D eigenvalue weighted by Crippen LogP contribution is 2.62. The van der Waals surface area contributed by atoms with Crippen molar-refractivity contribution in [1.29, 1.82) is 0 Å². The fourth-order valence-electron chi connectivity index (χ4n) is 5.01. The Kier molecular flexibility index (Phi) is 3.51. The van der Waals surface area contributed by atoms with Crippen LogP contribution in [-0.2, 0) is 11.8 Å². The molecule has 0 unspecified atom stereocenters. The van der Waals surface area contributed by atoms with Crippen molar-refractivity contribution in [2.24, 2.45) is 29.5 Å². The summed E-state index contributed by atoms with van der Waals surface area (Å²) >= 11 is 0. The molecule has 6 nitrogen and oxygen atoms in total. The highest BCUT2D eigenvalue weighted by atomic mass is 16.2. The first-order valence-corrected chi connectivity index (χ1v) is 8.92. The van der Waals surface area contributed by atoms with E-state index in [4.69, 9.17) is 5.73 Å². The van der Waals surface area contributed by atoms with E-state index >= 15 is 0 Å². The van der Waals surface area contributed by atoms with Gasteiger partial charge in [-0.25, -0.2) is 4.98 Å². The number of hydrogen-bond donors (Lipinski definition) is 1. The molecule has 0 spiro atoms. The molecule has 136 valence electrons. The Labute approximate surface area is 153 Å². The summed E-state index contributed by atoms with van der Waals surface area (Å²) in [7, 11) is 1.85. The second-order valence-corrected chi connectivity index (χ2v) is 8.32. The number of rotatable bonds is 3. The third kappa shape index (κ3) is 2.21. The molecule has 2 N–H and O–H groups in total. The van der Waals surface area contributed by atoms with Gasteiger partial charge in [-0.05, 0) is 17.8 Å². The summed E-state index contributed by atoms with van der Waals surface area (Å²) in [6.07, 6.45) is 2.36. The zero-order valence-corrected chi connectivity index (χ0v) is 15.4. The summed E-state index contributed by atoms with van der Waals surface area (Å²) in [5, 5.41) is 0. The third-order valence-corrected chi connectivity index (χ3v) is 6.27. The molecule has 2 heterocycles. The van der Waals surface area contributed by atoms with Gasteiger partial charge in [-0.3, -0.25) is 9.59 Å². The molecule has 6 heteroatoms. The van der Waals surface area contributed by atoms with E-state index in [1.165, 1.54) is 0 Å². The lowest BCUT2D eigenvalue weighted by Crippen LogP contribution is -2.59. The van der Waals surface area contributed by atoms with Crippen molar-refractivity contribution >= 4 is 11.8 Å². The van der Waals surface area contributed by atoms with Crippen LogP contribution in [0.5, 0.6) is 0 Å². The topological polar surface area (TPSA) is 81.2 Å². The van der Waals surface area contributed by atoms with Crippen LogP contribution in [0.2, 0.25) is 0 Å². The van der Waals surface area contributed by atoms with Gasteiger partial charge >= 0.3 is 0 Å². The molecule has 1 saturated heterocycles. The van der Waals surface area contributed by atoms with Gasteiger partial charge in [0.05, 0.1) is 11.6 Å². The highest BCUT2D eigenvalue weighted by Gasteiger charge is 2.66. The number of primary amides is 1. The van der Waals surface area contributed by atoms with Gasteiger partial charge in [0.25, 0.3) is 5.91 Å². The number of amides is 2. The maximum absolute atomic E-state index is 13.1. The molecule has 2 aromatic rings. The lowest BCUT2D eigenvalue weighted by molar-refractivity contribution is -0.148. The fraction of sp³-hybridized carbons (Fsp3) is 0.450. The maximum Gasteiger partial charge on any atom is 0.272 e.